The molecule has 3 N–H and O–H groups in total. The summed E-state index contributed by atoms with van der Waals surface area (Å²) in [5, 5.41) is 10.3. The zero-order valence-electron chi connectivity index (χ0n) is 18.4. The minimum atomic E-state index is -0.302. The Bertz CT molecular complexity index is 1080. The van der Waals surface area contributed by atoms with Gasteiger partial charge in [-0.3, -0.25) is 0 Å². The monoisotopic (exact) mass is 436 g/mol. The number of halogens is 1. The van der Waals surface area contributed by atoms with E-state index in [-0.39, 0.29) is 23.9 Å². The Morgan fingerprint density at radius 3 is 2.53 bits per heavy atom. The van der Waals surface area contributed by atoms with Crippen molar-refractivity contribution < 1.29 is 9.18 Å². The van der Waals surface area contributed by atoms with Crippen LogP contribution in [0.2, 0.25) is 0 Å². The molecule has 2 aromatic carbocycles. The molecule has 0 bridgehead atoms. The number of aromatic nitrogens is 2. The lowest BCUT2D eigenvalue weighted by Crippen LogP contribution is -2.44. The number of nitrogens with zero attached hydrogens (tertiary/aromatic N) is 3. The SMILES string of the molecule is CN(C)c1nc(N[C@H]2CC[C@@H](NC(=O)NCc3cccc(F)c3)CC2)nc2ccccc12. The highest BCUT2D eigenvalue weighted by molar-refractivity contribution is 5.90. The van der Waals surface area contributed by atoms with Crippen LogP contribution < -0.4 is 20.9 Å². The maximum absolute atomic E-state index is 13.3. The van der Waals surface area contributed by atoms with E-state index in [9.17, 15) is 9.18 Å². The molecule has 3 aromatic rings. The molecular weight excluding hydrogens is 407 g/mol. The molecule has 1 aliphatic rings. The first-order chi connectivity index (χ1) is 15.5. The van der Waals surface area contributed by atoms with Crippen LogP contribution in [0.15, 0.2) is 48.5 Å². The zero-order chi connectivity index (χ0) is 22.5. The van der Waals surface area contributed by atoms with Crippen molar-refractivity contribution in [2.75, 3.05) is 24.3 Å². The molecule has 1 saturated carbocycles. The van der Waals surface area contributed by atoms with Crippen molar-refractivity contribution in [3.05, 3.63) is 59.9 Å². The van der Waals surface area contributed by atoms with Crippen LogP contribution in [0, 0.1) is 5.82 Å². The first-order valence-corrected chi connectivity index (χ1v) is 11.0. The molecule has 0 unspecified atom stereocenters. The van der Waals surface area contributed by atoms with Gasteiger partial charge in [0.1, 0.15) is 11.6 Å². The van der Waals surface area contributed by atoms with E-state index in [1.54, 1.807) is 12.1 Å². The molecule has 0 spiro atoms. The van der Waals surface area contributed by atoms with E-state index in [2.05, 4.69) is 20.9 Å². The van der Waals surface area contributed by atoms with Crippen LogP contribution in [0.3, 0.4) is 0 Å². The Hall–Kier alpha value is -3.42. The van der Waals surface area contributed by atoms with Crippen LogP contribution >= 0.6 is 0 Å². The average molecular weight is 437 g/mol. The summed E-state index contributed by atoms with van der Waals surface area (Å²) in [5.41, 5.74) is 1.65. The van der Waals surface area contributed by atoms with Crippen LogP contribution in [-0.2, 0) is 6.54 Å². The molecule has 1 fully saturated rings. The molecule has 168 valence electrons. The highest BCUT2D eigenvalue weighted by Crippen LogP contribution is 2.26. The van der Waals surface area contributed by atoms with E-state index in [4.69, 9.17) is 4.98 Å². The smallest absolute Gasteiger partial charge is 0.315 e. The summed E-state index contributed by atoms with van der Waals surface area (Å²) in [6.07, 6.45) is 3.59. The predicted molar refractivity (Wildman–Crippen MR) is 125 cm³/mol. The number of carbonyl (C=O) groups is 1. The van der Waals surface area contributed by atoms with E-state index in [0.29, 0.717) is 12.5 Å². The van der Waals surface area contributed by atoms with Gasteiger partial charge in [0, 0.05) is 38.1 Å². The molecule has 8 heteroatoms. The minimum Gasteiger partial charge on any atom is -0.362 e. The third-order valence-corrected chi connectivity index (χ3v) is 5.74. The Morgan fingerprint density at radius 2 is 1.78 bits per heavy atom. The van der Waals surface area contributed by atoms with Crippen LogP contribution in [-0.4, -0.2) is 42.2 Å². The summed E-state index contributed by atoms with van der Waals surface area (Å²) in [6.45, 7) is 0.300. The van der Waals surface area contributed by atoms with Crippen molar-refractivity contribution in [1.82, 2.24) is 20.6 Å². The van der Waals surface area contributed by atoms with Gasteiger partial charge in [-0.2, -0.15) is 4.98 Å². The lowest BCUT2D eigenvalue weighted by molar-refractivity contribution is 0.231. The number of amides is 2. The third kappa shape index (κ3) is 5.43. The van der Waals surface area contributed by atoms with Gasteiger partial charge in [-0.15, -0.1) is 0 Å². The number of carbonyl (C=O) groups excluding carboxylic acids is 1. The quantitative estimate of drug-likeness (QED) is 0.543. The lowest BCUT2D eigenvalue weighted by atomic mass is 9.91. The van der Waals surface area contributed by atoms with Gasteiger partial charge >= 0.3 is 6.03 Å². The number of nitrogens with one attached hydrogen (secondary N) is 3. The summed E-state index contributed by atoms with van der Waals surface area (Å²) in [4.78, 5) is 23.6. The van der Waals surface area contributed by atoms with Gasteiger partial charge in [0.05, 0.1) is 5.52 Å². The minimum absolute atomic E-state index is 0.121. The molecule has 1 aliphatic carbocycles. The third-order valence-electron chi connectivity index (χ3n) is 5.74. The average Bonchev–Trinajstić information content (AvgIpc) is 2.78. The molecule has 7 nitrogen and oxygen atoms in total. The van der Waals surface area contributed by atoms with Gasteiger partial charge in [0.15, 0.2) is 0 Å². The Labute approximate surface area is 187 Å². The van der Waals surface area contributed by atoms with Gasteiger partial charge in [0.25, 0.3) is 0 Å². The molecule has 0 atom stereocenters. The fraction of sp³-hybridized carbons (Fsp3) is 0.375. The molecule has 2 amide bonds. The number of anilines is 2. The van der Waals surface area contributed by atoms with Gasteiger partial charge < -0.3 is 20.9 Å². The predicted octanol–water partition coefficient (Wildman–Crippen LogP) is 4.06. The Balaban J connectivity index is 1.28. The first kappa shape index (κ1) is 21.8. The molecule has 0 aliphatic heterocycles. The molecule has 4 rings (SSSR count). The molecule has 1 heterocycles. The Kier molecular flexibility index (Phi) is 6.68. The second kappa shape index (κ2) is 9.80. The summed E-state index contributed by atoms with van der Waals surface area (Å²) in [7, 11) is 3.96. The van der Waals surface area contributed by atoms with Crippen molar-refractivity contribution in [3.63, 3.8) is 0 Å². The van der Waals surface area contributed by atoms with E-state index >= 15 is 0 Å². The highest BCUT2D eigenvalue weighted by Gasteiger charge is 2.23. The maximum Gasteiger partial charge on any atom is 0.315 e. The van der Waals surface area contributed by atoms with Crippen LogP contribution in [0.5, 0.6) is 0 Å². The number of benzene rings is 2. The number of urea groups is 1. The van der Waals surface area contributed by atoms with Crippen molar-refractivity contribution >= 4 is 28.7 Å². The molecule has 1 aromatic heterocycles. The molecule has 32 heavy (non-hydrogen) atoms. The largest absolute Gasteiger partial charge is 0.362 e. The van der Waals surface area contributed by atoms with Crippen molar-refractivity contribution in [1.29, 1.82) is 0 Å². The number of rotatable bonds is 6. The number of para-hydroxylation sites is 1. The van der Waals surface area contributed by atoms with E-state index < -0.39 is 0 Å². The molecule has 0 saturated heterocycles. The number of fused-ring (bicyclic) bond motifs is 1. The second-order valence-electron chi connectivity index (χ2n) is 8.43. The molecule has 0 radical (unpaired) electrons. The fourth-order valence-electron chi connectivity index (χ4n) is 4.10. The van der Waals surface area contributed by atoms with E-state index in [0.717, 1.165) is 48.0 Å². The maximum atomic E-state index is 13.3. The van der Waals surface area contributed by atoms with Crippen molar-refractivity contribution in [3.8, 4) is 0 Å². The summed E-state index contributed by atoms with van der Waals surface area (Å²) >= 11 is 0. The van der Waals surface area contributed by atoms with E-state index in [1.165, 1.54) is 12.1 Å². The molecular formula is C24H29FN6O. The zero-order valence-corrected chi connectivity index (χ0v) is 18.4. The first-order valence-electron chi connectivity index (χ1n) is 11.0. The lowest BCUT2D eigenvalue weighted by Gasteiger charge is -2.30. The topological polar surface area (TPSA) is 82.2 Å². The van der Waals surface area contributed by atoms with E-state index in [1.807, 2.05) is 43.3 Å². The van der Waals surface area contributed by atoms with Gasteiger partial charge in [-0.1, -0.05) is 24.3 Å². The van der Waals surface area contributed by atoms with Crippen molar-refractivity contribution in [2.45, 2.75) is 44.3 Å². The highest BCUT2D eigenvalue weighted by atomic mass is 19.1. The summed E-state index contributed by atoms with van der Waals surface area (Å²) in [5.74, 6) is 1.23. The number of hydrogen-bond donors (Lipinski definition) is 3. The van der Waals surface area contributed by atoms with Crippen LogP contribution in [0.25, 0.3) is 10.9 Å². The summed E-state index contributed by atoms with van der Waals surface area (Å²) < 4.78 is 13.3. The van der Waals surface area contributed by atoms with Gasteiger partial charge in [0.2, 0.25) is 5.95 Å². The van der Waals surface area contributed by atoms with Crippen LogP contribution in [0.4, 0.5) is 21.0 Å². The standard InChI is InChI=1S/C24H29FN6O/c1-31(2)22-20-8-3-4-9-21(20)29-23(30-22)27-18-10-12-19(13-11-18)28-24(32)26-15-16-6-5-7-17(25)14-16/h3-9,14,18-19H,10-13,15H2,1-2H3,(H2,26,28,32)(H,27,29,30)/t18-,19+. The second-order valence-corrected chi connectivity index (χ2v) is 8.43. The van der Waals surface area contributed by atoms with Crippen molar-refractivity contribution in [2.24, 2.45) is 0 Å². The summed E-state index contributed by atoms with van der Waals surface area (Å²) in [6, 6.07) is 14.4. The van der Waals surface area contributed by atoms with Gasteiger partial charge in [-0.05, 0) is 55.5 Å². The fourth-order valence-corrected chi connectivity index (χ4v) is 4.10. The number of hydrogen-bond acceptors (Lipinski definition) is 5. The van der Waals surface area contributed by atoms with Gasteiger partial charge in [-0.25, -0.2) is 14.2 Å². The normalized spacial score (nSPS) is 18.2. The van der Waals surface area contributed by atoms with Crippen LogP contribution in [0.1, 0.15) is 31.2 Å². The Morgan fingerprint density at radius 1 is 1.03 bits per heavy atom.